The Balaban J connectivity index is 3.22. The van der Waals surface area contributed by atoms with Crippen LogP contribution < -0.4 is 0 Å². The summed E-state index contributed by atoms with van der Waals surface area (Å²) in [6.07, 6.45) is 1.65. The molecule has 0 spiro atoms. The summed E-state index contributed by atoms with van der Waals surface area (Å²) in [4.78, 5) is 12.1. The number of hydrogen-bond donors (Lipinski definition) is 1. The van der Waals surface area contributed by atoms with E-state index in [1.807, 2.05) is 32.9 Å². The molecule has 0 aliphatic heterocycles. The molecule has 0 aliphatic carbocycles. The third-order valence-electron chi connectivity index (χ3n) is 4.12. The fourth-order valence-electron chi connectivity index (χ4n) is 2.73. The number of carbonyl (C=O) groups excluding carboxylic acids is 1. The van der Waals surface area contributed by atoms with E-state index in [0.29, 0.717) is 6.42 Å². The number of aliphatic hydroxyl groups is 1. The van der Waals surface area contributed by atoms with Crippen LogP contribution in [-0.2, 0) is 16.0 Å². The van der Waals surface area contributed by atoms with Crippen molar-refractivity contribution in [3.8, 4) is 0 Å². The van der Waals surface area contributed by atoms with E-state index < -0.39 is 11.6 Å². The highest BCUT2D eigenvalue weighted by molar-refractivity contribution is 5.81. The second-order valence-electron chi connectivity index (χ2n) is 5.53. The van der Waals surface area contributed by atoms with E-state index in [4.69, 9.17) is 4.74 Å². The molecule has 0 heterocycles. The van der Waals surface area contributed by atoms with Crippen LogP contribution in [0.1, 0.15) is 51.2 Å². The number of methoxy groups -OCH3 is 1. The van der Waals surface area contributed by atoms with E-state index in [1.165, 1.54) is 12.7 Å². The van der Waals surface area contributed by atoms with Gasteiger partial charge in [-0.05, 0) is 29.9 Å². The lowest BCUT2D eigenvalue weighted by Crippen LogP contribution is -2.49. The van der Waals surface area contributed by atoms with E-state index >= 15 is 0 Å². The van der Waals surface area contributed by atoms with Gasteiger partial charge in [0.15, 0.2) is 5.60 Å². The fourth-order valence-corrected chi connectivity index (χ4v) is 2.73. The zero-order valence-electron chi connectivity index (χ0n) is 13.1. The Bertz CT molecular complexity index is 436. The smallest absolute Gasteiger partial charge is 0.338 e. The van der Waals surface area contributed by atoms with Gasteiger partial charge in [-0.3, -0.25) is 0 Å². The molecule has 1 N–H and O–H groups in total. The van der Waals surface area contributed by atoms with Gasteiger partial charge < -0.3 is 9.84 Å². The first-order valence-electron chi connectivity index (χ1n) is 7.31. The molecule has 1 aromatic rings. The number of esters is 1. The van der Waals surface area contributed by atoms with Gasteiger partial charge in [0.2, 0.25) is 0 Å². The molecule has 0 amide bonds. The predicted octanol–water partition coefficient (Wildman–Crippen LogP) is 3.30. The molecule has 0 saturated heterocycles. The normalized spacial score (nSPS) is 15.8. The standard InChI is InChI=1S/C17H26O3/c1-6-13-8-10-14(11-9-13)15(7-2)17(19,12(3)4)16(18)20-5/h8-12,15,19H,6-7H2,1-5H3. The van der Waals surface area contributed by atoms with Crippen molar-refractivity contribution < 1.29 is 14.6 Å². The first-order valence-corrected chi connectivity index (χ1v) is 7.31. The molecule has 0 aliphatic rings. The van der Waals surface area contributed by atoms with E-state index in [1.54, 1.807) is 0 Å². The van der Waals surface area contributed by atoms with Crippen molar-refractivity contribution in [2.75, 3.05) is 7.11 Å². The average molecular weight is 278 g/mol. The third kappa shape index (κ3) is 3.04. The molecule has 0 radical (unpaired) electrons. The van der Waals surface area contributed by atoms with E-state index in [2.05, 4.69) is 19.1 Å². The highest BCUT2D eigenvalue weighted by Crippen LogP contribution is 2.38. The Kier molecular flexibility index (Phi) is 5.75. The van der Waals surface area contributed by atoms with Gasteiger partial charge in [0, 0.05) is 5.92 Å². The molecule has 1 aromatic carbocycles. The molecule has 2 unspecified atom stereocenters. The van der Waals surface area contributed by atoms with Gasteiger partial charge >= 0.3 is 5.97 Å². The molecule has 0 saturated carbocycles. The Labute approximate surface area is 122 Å². The molecule has 1 rings (SSSR count). The van der Waals surface area contributed by atoms with Gasteiger partial charge in [-0.15, -0.1) is 0 Å². The van der Waals surface area contributed by atoms with E-state index in [9.17, 15) is 9.90 Å². The van der Waals surface area contributed by atoms with Crippen LogP contribution in [0.3, 0.4) is 0 Å². The lowest BCUT2D eigenvalue weighted by molar-refractivity contribution is -0.171. The molecule has 0 fully saturated rings. The second kappa shape index (κ2) is 6.89. The van der Waals surface area contributed by atoms with Crippen molar-refractivity contribution in [2.24, 2.45) is 5.92 Å². The van der Waals surface area contributed by atoms with Crippen LogP contribution in [0.4, 0.5) is 0 Å². The maximum absolute atomic E-state index is 12.1. The van der Waals surface area contributed by atoms with E-state index in [0.717, 1.165) is 12.0 Å². The Morgan fingerprint density at radius 2 is 1.80 bits per heavy atom. The summed E-state index contributed by atoms with van der Waals surface area (Å²) in [6, 6.07) is 8.11. The van der Waals surface area contributed by atoms with Crippen molar-refractivity contribution >= 4 is 5.97 Å². The summed E-state index contributed by atoms with van der Waals surface area (Å²) >= 11 is 0. The first-order chi connectivity index (χ1) is 9.41. The SMILES string of the molecule is CCc1ccc(C(CC)C(O)(C(=O)OC)C(C)C)cc1. The van der Waals surface area contributed by atoms with Gasteiger partial charge in [-0.2, -0.15) is 0 Å². The third-order valence-corrected chi connectivity index (χ3v) is 4.12. The minimum Gasteiger partial charge on any atom is -0.467 e. The highest BCUT2D eigenvalue weighted by Gasteiger charge is 2.47. The second-order valence-corrected chi connectivity index (χ2v) is 5.53. The summed E-state index contributed by atoms with van der Waals surface area (Å²) in [7, 11) is 1.32. The van der Waals surface area contributed by atoms with Gasteiger partial charge in [0.25, 0.3) is 0 Å². The van der Waals surface area contributed by atoms with Crippen molar-refractivity contribution in [1.29, 1.82) is 0 Å². The molecular weight excluding hydrogens is 252 g/mol. The van der Waals surface area contributed by atoms with Crippen molar-refractivity contribution in [3.05, 3.63) is 35.4 Å². The van der Waals surface area contributed by atoms with Gasteiger partial charge in [0.05, 0.1) is 7.11 Å². The number of carbonyl (C=O) groups is 1. The molecular formula is C17H26O3. The number of ether oxygens (including phenoxy) is 1. The monoisotopic (exact) mass is 278 g/mol. The molecule has 20 heavy (non-hydrogen) atoms. The van der Waals surface area contributed by atoms with Gasteiger partial charge in [-0.25, -0.2) is 4.79 Å². The van der Waals surface area contributed by atoms with E-state index in [-0.39, 0.29) is 11.8 Å². The summed E-state index contributed by atoms with van der Waals surface area (Å²) in [5, 5.41) is 10.9. The van der Waals surface area contributed by atoms with Crippen molar-refractivity contribution in [2.45, 2.75) is 52.1 Å². The maximum Gasteiger partial charge on any atom is 0.338 e. The number of hydrogen-bond acceptors (Lipinski definition) is 3. The molecule has 2 atom stereocenters. The van der Waals surface area contributed by atoms with Crippen molar-refractivity contribution in [1.82, 2.24) is 0 Å². The topological polar surface area (TPSA) is 46.5 Å². The Hall–Kier alpha value is -1.35. The quantitative estimate of drug-likeness (QED) is 0.812. The summed E-state index contributed by atoms with van der Waals surface area (Å²) < 4.78 is 4.84. The van der Waals surface area contributed by atoms with Crippen LogP contribution in [0.2, 0.25) is 0 Å². The lowest BCUT2D eigenvalue weighted by atomic mass is 9.73. The van der Waals surface area contributed by atoms with Gasteiger partial charge in [-0.1, -0.05) is 52.0 Å². The largest absolute Gasteiger partial charge is 0.467 e. The first kappa shape index (κ1) is 16.7. The lowest BCUT2D eigenvalue weighted by Gasteiger charge is -2.36. The van der Waals surface area contributed by atoms with Crippen LogP contribution in [0.15, 0.2) is 24.3 Å². The van der Waals surface area contributed by atoms with Crippen LogP contribution >= 0.6 is 0 Å². The van der Waals surface area contributed by atoms with Crippen LogP contribution in [0.25, 0.3) is 0 Å². The zero-order valence-corrected chi connectivity index (χ0v) is 13.1. The number of rotatable bonds is 6. The zero-order chi connectivity index (χ0) is 15.3. The predicted molar refractivity (Wildman–Crippen MR) is 80.7 cm³/mol. The minimum atomic E-state index is -1.49. The Morgan fingerprint density at radius 1 is 1.25 bits per heavy atom. The van der Waals surface area contributed by atoms with Crippen molar-refractivity contribution in [3.63, 3.8) is 0 Å². The highest BCUT2D eigenvalue weighted by atomic mass is 16.5. The van der Waals surface area contributed by atoms with Crippen LogP contribution in [-0.4, -0.2) is 23.8 Å². The molecule has 0 bridgehead atoms. The molecule has 3 nitrogen and oxygen atoms in total. The molecule has 3 heteroatoms. The molecule has 0 aromatic heterocycles. The maximum atomic E-state index is 12.1. The molecule has 112 valence electrons. The van der Waals surface area contributed by atoms with Gasteiger partial charge in [0.1, 0.15) is 0 Å². The number of aryl methyl sites for hydroxylation is 1. The Morgan fingerprint density at radius 3 is 2.15 bits per heavy atom. The van der Waals surface area contributed by atoms with Crippen LogP contribution in [0.5, 0.6) is 0 Å². The average Bonchev–Trinajstić information content (AvgIpc) is 2.47. The number of benzene rings is 1. The minimum absolute atomic E-state index is 0.217. The summed E-state index contributed by atoms with van der Waals surface area (Å²) in [5.41, 5.74) is 0.734. The fraction of sp³-hybridized carbons (Fsp3) is 0.588. The summed E-state index contributed by atoms with van der Waals surface area (Å²) in [5.74, 6) is -1.04. The summed E-state index contributed by atoms with van der Waals surface area (Å²) in [6.45, 7) is 7.78. The van der Waals surface area contributed by atoms with Crippen LogP contribution in [0, 0.1) is 5.92 Å².